The van der Waals surface area contributed by atoms with Gasteiger partial charge in [-0.3, -0.25) is 10.6 Å². The molecule has 0 saturated carbocycles. The molecule has 0 aliphatic heterocycles. The van der Waals surface area contributed by atoms with Crippen LogP contribution in [0.3, 0.4) is 0 Å². The molecule has 0 heterocycles. The highest BCUT2D eigenvalue weighted by Gasteiger charge is 2.04. The number of para-hydroxylation sites is 1. The Kier molecular flexibility index (Phi) is 3.13. The number of thioether (sulfide) groups is 1. The van der Waals surface area contributed by atoms with E-state index in [1.165, 1.54) is 0 Å². The normalized spacial score (nSPS) is 9.50. The summed E-state index contributed by atoms with van der Waals surface area (Å²) >= 11 is 1.55. The van der Waals surface area contributed by atoms with Crippen LogP contribution in [0.5, 0.6) is 0 Å². The SMILES string of the molecule is CSc1cccc(C=O)c1NN. The number of rotatable bonds is 3. The zero-order chi connectivity index (χ0) is 8.97. The van der Waals surface area contributed by atoms with Gasteiger partial charge in [0.2, 0.25) is 0 Å². The van der Waals surface area contributed by atoms with E-state index in [0.717, 1.165) is 11.2 Å². The third kappa shape index (κ3) is 1.60. The molecule has 0 bridgehead atoms. The molecule has 0 atom stereocenters. The number of nitrogen functional groups attached to an aromatic ring is 1. The van der Waals surface area contributed by atoms with E-state index < -0.39 is 0 Å². The maximum absolute atomic E-state index is 10.5. The molecule has 0 unspecified atom stereocenters. The quantitative estimate of drug-likeness (QED) is 0.322. The molecule has 64 valence electrons. The van der Waals surface area contributed by atoms with Gasteiger partial charge >= 0.3 is 0 Å². The largest absolute Gasteiger partial charge is 0.322 e. The van der Waals surface area contributed by atoms with E-state index in [2.05, 4.69) is 5.43 Å². The Hall–Kier alpha value is -1.00. The highest BCUT2D eigenvalue weighted by atomic mass is 32.2. The van der Waals surface area contributed by atoms with Crippen molar-refractivity contribution in [3.63, 3.8) is 0 Å². The Morgan fingerprint density at radius 1 is 1.58 bits per heavy atom. The molecule has 3 N–H and O–H groups in total. The van der Waals surface area contributed by atoms with Gasteiger partial charge in [0.1, 0.15) is 0 Å². The highest BCUT2D eigenvalue weighted by Crippen LogP contribution is 2.26. The Morgan fingerprint density at radius 2 is 2.33 bits per heavy atom. The van der Waals surface area contributed by atoms with Crippen LogP contribution in [0.2, 0.25) is 0 Å². The molecule has 3 nitrogen and oxygen atoms in total. The van der Waals surface area contributed by atoms with Crippen molar-refractivity contribution in [3.05, 3.63) is 23.8 Å². The first kappa shape index (κ1) is 9.09. The molecule has 0 aliphatic carbocycles. The lowest BCUT2D eigenvalue weighted by atomic mass is 10.2. The standard InChI is InChI=1S/C8H10N2OS/c1-12-7-4-2-3-6(5-11)8(7)10-9/h2-5,10H,9H2,1H3. The van der Waals surface area contributed by atoms with Crippen molar-refractivity contribution >= 4 is 23.7 Å². The fraction of sp³-hybridized carbons (Fsp3) is 0.125. The molecular weight excluding hydrogens is 172 g/mol. The lowest BCUT2D eigenvalue weighted by Crippen LogP contribution is -2.10. The average Bonchev–Trinajstić information content (AvgIpc) is 2.16. The van der Waals surface area contributed by atoms with Crippen LogP contribution in [-0.2, 0) is 0 Å². The van der Waals surface area contributed by atoms with Crippen molar-refractivity contribution in [2.75, 3.05) is 11.7 Å². The van der Waals surface area contributed by atoms with Gasteiger partial charge in [0.05, 0.1) is 5.69 Å². The van der Waals surface area contributed by atoms with Gasteiger partial charge in [-0.15, -0.1) is 11.8 Å². The van der Waals surface area contributed by atoms with Gasteiger partial charge < -0.3 is 5.43 Å². The van der Waals surface area contributed by atoms with E-state index in [1.807, 2.05) is 18.4 Å². The van der Waals surface area contributed by atoms with Gasteiger partial charge in [0.15, 0.2) is 6.29 Å². The molecule has 1 rings (SSSR count). The second-order valence-corrected chi connectivity index (χ2v) is 3.03. The van der Waals surface area contributed by atoms with Crippen LogP contribution in [0.25, 0.3) is 0 Å². The molecule has 12 heavy (non-hydrogen) atoms. The predicted octanol–water partition coefficient (Wildman–Crippen LogP) is 1.51. The third-order valence-electron chi connectivity index (χ3n) is 1.55. The number of anilines is 1. The molecule has 1 aromatic carbocycles. The minimum absolute atomic E-state index is 0.587. The van der Waals surface area contributed by atoms with Crippen LogP contribution in [-0.4, -0.2) is 12.5 Å². The van der Waals surface area contributed by atoms with Crippen LogP contribution in [0, 0.1) is 0 Å². The minimum Gasteiger partial charge on any atom is -0.322 e. The van der Waals surface area contributed by atoms with Gasteiger partial charge in [0, 0.05) is 10.5 Å². The first-order chi connectivity index (χ1) is 5.83. The fourth-order valence-electron chi connectivity index (χ4n) is 0.971. The maximum atomic E-state index is 10.5. The zero-order valence-electron chi connectivity index (χ0n) is 6.70. The van der Waals surface area contributed by atoms with E-state index in [4.69, 9.17) is 5.84 Å². The maximum Gasteiger partial charge on any atom is 0.152 e. The Labute approximate surface area is 75.3 Å². The number of nitrogens with one attached hydrogen (secondary N) is 1. The molecule has 0 amide bonds. The molecule has 1 aromatic rings. The lowest BCUT2D eigenvalue weighted by molar-refractivity contribution is 0.112. The molecule has 0 radical (unpaired) electrons. The summed E-state index contributed by atoms with van der Waals surface area (Å²) in [6.07, 6.45) is 2.72. The summed E-state index contributed by atoms with van der Waals surface area (Å²) < 4.78 is 0. The van der Waals surface area contributed by atoms with Crippen molar-refractivity contribution in [2.45, 2.75) is 4.90 Å². The van der Waals surface area contributed by atoms with Gasteiger partial charge in [-0.25, -0.2) is 0 Å². The van der Waals surface area contributed by atoms with Crippen molar-refractivity contribution in [1.82, 2.24) is 0 Å². The summed E-state index contributed by atoms with van der Waals surface area (Å²) in [5, 5.41) is 0. The summed E-state index contributed by atoms with van der Waals surface area (Å²) in [4.78, 5) is 11.5. The molecule has 0 spiro atoms. The van der Waals surface area contributed by atoms with Gasteiger partial charge in [-0.1, -0.05) is 6.07 Å². The van der Waals surface area contributed by atoms with Crippen molar-refractivity contribution in [2.24, 2.45) is 5.84 Å². The van der Waals surface area contributed by atoms with Gasteiger partial charge in [0.25, 0.3) is 0 Å². The van der Waals surface area contributed by atoms with Gasteiger partial charge in [-0.05, 0) is 18.4 Å². The Bertz CT molecular complexity index is 288. The van der Waals surface area contributed by atoms with Crippen molar-refractivity contribution in [1.29, 1.82) is 0 Å². The number of carbonyl (C=O) groups is 1. The summed E-state index contributed by atoms with van der Waals surface area (Å²) in [6.45, 7) is 0. The number of hydrogen-bond donors (Lipinski definition) is 2. The Balaban J connectivity index is 3.21. The molecule has 0 fully saturated rings. The predicted molar refractivity (Wildman–Crippen MR) is 51.4 cm³/mol. The fourth-order valence-corrected chi connectivity index (χ4v) is 1.57. The summed E-state index contributed by atoms with van der Waals surface area (Å²) in [7, 11) is 0. The van der Waals surface area contributed by atoms with Crippen LogP contribution >= 0.6 is 11.8 Å². The second kappa shape index (κ2) is 4.13. The monoisotopic (exact) mass is 182 g/mol. The number of hydrogen-bond acceptors (Lipinski definition) is 4. The van der Waals surface area contributed by atoms with Crippen LogP contribution in [0.15, 0.2) is 23.1 Å². The first-order valence-corrected chi connectivity index (χ1v) is 4.64. The van der Waals surface area contributed by atoms with Crippen LogP contribution < -0.4 is 11.3 Å². The van der Waals surface area contributed by atoms with Crippen LogP contribution in [0.1, 0.15) is 10.4 Å². The molecule has 0 saturated heterocycles. The third-order valence-corrected chi connectivity index (χ3v) is 2.33. The molecule has 0 aliphatic rings. The van der Waals surface area contributed by atoms with Crippen LogP contribution in [0.4, 0.5) is 5.69 Å². The molecule has 4 heteroatoms. The average molecular weight is 182 g/mol. The van der Waals surface area contributed by atoms with E-state index in [0.29, 0.717) is 11.3 Å². The number of nitrogens with two attached hydrogens (primary N) is 1. The number of carbonyl (C=O) groups excluding carboxylic acids is 1. The minimum atomic E-state index is 0.587. The molecular formula is C8H10N2OS. The number of benzene rings is 1. The van der Waals surface area contributed by atoms with Gasteiger partial charge in [-0.2, -0.15) is 0 Å². The zero-order valence-corrected chi connectivity index (χ0v) is 7.52. The Morgan fingerprint density at radius 3 is 2.83 bits per heavy atom. The number of aldehydes is 1. The lowest BCUT2D eigenvalue weighted by Gasteiger charge is -2.07. The number of hydrazine groups is 1. The van der Waals surface area contributed by atoms with E-state index in [9.17, 15) is 4.79 Å². The topological polar surface area (TPSA) is 55.1 Å². The van der Waals surface area contributed by atoms with Crippen molar-refractivity contribution < 1.29 is 4.79 Å². The summed E-state index contributed by atoms with van der Waals surface area (Å²) in [5.41, 5.74) is 3.80. The smallest absolute Gasteiger partial charge is 0.152 e. The summed E-state index contributed by atoms with van der Waals surface area (Å²) in [6, 6.07) is 5.46. The highest BCUT2D eigenvalue weighted by molar-refractivity contribution is 7.98. The van der Waals surface area contributed by atoms with E-state index in [1.54, 1.807) is 17.8 Å². The van der Waals surface area contributed by atoms with E-state index in [-0.39, 0.29) is 0 Å². The second-order valence-electron chi connectivity index (χ2n) is 2.19. The molecule has 0 aromatic heterocycles. The van der Waals surface area contributed by atoms with Crippen molar-refractivity contribution in [3.8, 4) is 0 Å². The van der Waals surface area contributed by atoms with E-state index >= 15 is 0 Å². The first-order valence-electron chi connectivity index (χ1n) is 3.42. The summed E-state index contributed by atoms with van der Waals surface area (Å²) in [5.74, 6) is 5.28.